The van der Waals surface area contributed by atoms with Gasteiger partial charge in [-0.2, -0.15) is 0 Å². The standard InChI is InChI=1S/C28H38N2O3/c1-22-7-9-23(10-8-22)11-16-27(32)30-19-17-29(18-20-30)26(31)6-5-21-33-25-14-12-24(13-15-25)28(2,3)4/h7-10,12-15H,5-6,11,16-21H2,1-4H3. The van der Waals surface area contributed by atoms with E-state index in [1.54, 1.807) is 0 Å². The van der Waals surface area contributed by atoms with Crippen LogP contribution in [0.15, 0.2) is 48.5 Å². The molecule has 2 aromatic carbocycles. The second-order valence-electron chi connectivity index (χ2n) is 9.97. The lowest BCUT2D eigenvalue weighted by atomic mass is 9.87. The quantitative estimate of drug-likeness (QED) is 0.545. The van der Waals surface area contributed by atoms with Crippen molar-refractivity contribution in [2.24, 2.45) is 0 Å². The van der Waals surface area contributed by atoms with Gasteiger partial charge >= 0.3 is 0 Å². The summed E-state index contributed by atoms with van der Waals surface area (Å²) in [7, 11) is 0. The number of aryl methyl sites for hydroxylation is 2. The first-order valence-electron chi connectivity index (χ1n) is 12.1. The van der Waals surface area contributed by atoms with Crippen molar-refractivity contribution in [3.63, 3.8) is 0 Å². The van der Waals surface area contributed by atoms with Gasteiger partial charge in [0, 0.05) is 39.0 Å². The van der Waals surface area contributed by atoms with Crippen LogP contribution in [0, 0.1) is 6.92 Å². The van der Waals surface area contributed by atoms with Crippen LogP contribution < -0.4 is 4.74 Å². The predicted molar refractivity (Wildman–Crippen MR) is 133 cm³/mol. The van der Waals surface area contributed by atoms with Crippen LogP contribution in [0.4, 0.5) is 0 Å². The van der Waals surface area contributed by atoms with Gasteiger partial charge in [0.15, 0.2) is 0 Å². The van der Waals surface area contributed by atoms with Crippen molar-refractivity contribution in [2.45, 2.75) is 58.8 Å². The molecule has 0 atom stereocenters. The average Bonchev–Trinajstić information content (AvgIpc) is 2.81. The minimum atomic E-state index is 0.126. The molecule has 0 N–H and O–H groups in total. The number of ether oxygens (including phenoxy) is 1. The number of rotatable bonds is 8. The van der Waals surface area contributed by atoms with Crippen molar-refractivity contribution < 1.29 is 14.3 Å². The Balaban J connectivity index is 1.32. The van der Waals surface area contributed by atoms with E-state index in [0.29, 0.717) is 52.0 Å². The molecule has 1 heterocycles. The molecule has 2 amide bonds. The molecular weight excluding hydrogens is 412 g/mol. The van der Waals surface area contributed by atoms with Crippen LogP contribution in [-0.2, 0) is 21.4 Å². The molecule has 1 aliphatic heterocycles. The summed E-state index contributed by atoms with van der Waals surface area (Å²) in [5, 5.41) is 0. The molecule has 2 aromatic rings. The van der Waals surface area contributed by atoms with Crippen LogP contribution in [0.25, 0.3) is 0 Å². The van der Waals surface area contributed by atoms with E-state index < -0.39 is 0 Å². The molecule has 1 saturated heterocycles. The third-order valence-electron chi connectivity index (χ3n) is 6.26. The van der Waals surface area contributed by atoms with Crippen LogP contribution in [0.1, 0.15) is 56.7 Å². The lowest BCUT2D eigenvalue weighted by Gasteiger charge is -2.35. The van der Waals surface area contributed by atoms with Gasteiger partial charge in [-0.15, -0.1) is 0 Å². The number of carbonyl (C=O) groups excluding carboxylic acids is 2. The maximum atomic E-state index is 12.5. The van der Waals surface area contributed by atoms with Gasteiger partial charge in [0.25, 0.3) is 0 Å². The normalized spacial score (nSPS) is 14.3. The van der Waals surface area contributed by atoms with Gasteiger partial charge in [-0.1, -0.05) is 62.7 Å². The zero-order valence-electron chi connectivity index (χ0n) is 20.6. The van der Waals surface area contributed by atoms with E-state index in [2.05, 4.69) is 64.1 Å². The Hall–Kier alpha value is -2.82. The third kappa shape index (κ3) is 7.62. The molecule has 1 aliphatic rings. The monoisotopic (exact) mass is 450 g/mol. The van der Waals surface area contributed by atoms with Crippen molar-refractivity contribution >= 4 is 11.8 Å². The van der Waals surface area contributed by atoms with Gasteiger partial charge in [0.1, 0.15) is 5.75 Å². The van der Waals surface area contributed by atoms with E-state index >= 15 is 0 Å². The lowest BCUT2D eigenvalue weighted by Crippen LogP contribution is -2.50. The molecule has 0 radical (unpaired) electrons. The van der Waals surface area contributed by atoms with Gasteiger partial charge in [-0.25, -0.2) is 0 Å². The topological polar surface area (TPSA) is 49.9 Å². The number of nitrogens with zero attached hydrogens (tertiary/aromatic N) is 2. The summed E-state index contributed by atoms with van der Waals surface area (Å²) in [5.74, 6) is 1.16. The van der Waals surface area contributed by atoms with Crippen LogP contribution in [0.5, 0.6) is 5.75 Å². The highest BCUT2D eigenvalue weighted by atomic mass is 16.5. The summed E-state index contributed by atoms with van der Waals surface area (Å²) < 4.78 is 5.81. The highest BCUT2D eigenvalue weighted by molar-refractivity contribution is 5.78. The fourth-order valence-electron chi connectivity index (χ4n) is 3.99. The molecule has 178 valence electrons. The highest BCUT2D eigenvalue weighted by Crippen LogP contribution is 2.24. The molecular formula is C28H38N2O3. The summed E-state index contributed by atoms with van der Waals surface area (Å²) in [6, 6.07) is 16.5. The maximum Gasteiger partial charge on any atom is 0.223 e. The van der Waals surface area contributed by atoms with E-state index in [9.17, 15) is 9.59 Å². The molecule has 0 unspecified atom stereocenters. The molecule has 0 bridgehead atoms. The Bertz CT molecular complexity index is 906. The van der Waals surface area contributed by atoms with Gasteiger partial charge in [-0.3, -0.25) is 9.59 Å². The summed E-state index contributed by atoms with van der Waals surface area (Å²) in [6.45, 7) is 11.6. The van der Waals surface area contributed by atoms with Crippen molar-refractivity contribution in [1.29, 1.82) is 0 Å². The number of hydrogen-bond acceptors (Lipinski definition) is 3. The molecule has 5 heteroatoms. The van der Waals surface area contributed by atoms with E-state index in [4.69, 9.17) is 4.74 Å². The zero-order chi connectivity index (χ0) is 23.8. The van der Waals surface area contributed by atoms with Gasteiger partial charge < -0.3 is 14.5 Å². The van der Waals surface area contributed by atoms with Crippen LogP contribution >= 0.6 is 0 Å². The van der Waals surface area contributed by atoms with E-state index in [-0.39, 0.29) is 17.2 Å². The lowest BCUT2D eigenvalue weighted by molar-refractivity contribution is -0.139. The van der Waals surface area contributed by atoms with E-state index in [0.717, 1.165) is 12.2 Å². The largest absolute Gasteiger partial charge is 0.494 e. The Labute approximate surface area is 198 Å². The predicted octanol–water partition coefficient (Wildman–Crippen LogP) is 4.76. The molecule has 33 heavy (non-hydrogen) atoms. The van der Waals surface area contributed by atoms with Crippen LogP contribution in [0.2, 0.25) is 0 Å². The SMILES string of the molecule is Cc1ccc(CCC(=O)N2CCN(C(=O)CCCOc3ccc(C(C)(C)C)cc3)CC2)cc1. The third-order valence-corrected chi connectivity index (χ3v) is 6.26. The molecule has 0 spiro atoms. The molecule has 0 aromatic heterocycles. The van der Waals surface area contributed by atoms with Crippen molar-refractivity contribution in [1.82, 2.24) is 9.80 Å². The molecule has 0 aliphatic carbocycles. The van der Waals surface area contributed by atoms with Gasteiger partial charge in [-0.05, 0) is 48.4 Å². The van der Waals surface area contributed by atoms with E-state index in [1.165, 1.54) is 16.7 Å². The number of hydrogen-bond donors (Lipinski definition) is 0. The molecule has 5 nitrogen and oxygen atoms in total. The first-order valence-corrected chi connectivity index (χ1v) is 12.1. The Morgan fingerprint density at radius 1 is 0.818 bits per heavy atom. The van der Waals surface area contributed by atoms with Crippen LogP contribution in [-0.4, -0.2) is 54.4 Å². The highest BCUT2D eigenvalue weighted by Gasteiger charge is 2.23. The molecule has 0 saturated carbocycles. The number of carbonyl (C=O) groups is 2. The van der Waals surface area contributed by atoms with Gasteiger partial charge in [0.05, 0.1) is 6.61 Å². The fourth-order valence-corrected chi connectivity index (χ4v) is 3.99. The second kappa shape index (κ2) is 11.4. The maximum absolute atomic E-state index is 12.5. The smallest absolute Gasteiger partial charge is 0.223 e. The second-order valence-corrected chi connectivity index (χ2v) is 9.97. The number of amides is 2. The number of piperazine rings is 1. The first-order chi connectivity index (χ1) is 15.7. The average molecular weight is 451 g/mol. The minimum absolute atomic E-state index is 0.126. The van der Waals surface area contributed by atoms with E-state index in [1.807, 2.05) is 21.9 Å². The Morgan fingerprint density at radius 2 is 1.36 bits per heavy atom. The van der Waals surface area contributed by atoms with Crippen molar-refractivity contribution in [2.75, 3.05) is 32.8 Å². The summed E-state index contributed by atoms with van der Waals surface area (Å²) in [6.07, 6.45) is 2.44. The van der Waals surface area contributed by atoms with Crippen molar-refractivity contribution in [3.05, 3.63) is 65.2 Å². The Morgan fingerprint density at radius 3 is 1.91 bits per heavy atom. The Kier molecular flexibility index (Phi) is 8.54. The van der Waals surface area contributed by atoms with Crippen molar-refractivity contribution in [3.8, 4) is 5.75 Å². The summed E-state index contributed by atoms with van der Waals surface area (Å²) >= 11 is 0. The first kappa shape index (κ1) is 24.8. The summed E-state index contributed by atoms with van der Waals surface area (Å²) in [4.78, 5) is 28.9. The molecule has 3 rings (SSSR count). The van der Waals surface area contributed by atoms with Crippen LogP contribution in [0.3, 0.4) is 0 Å². The molecule has 1 fully saturated rings. The fraction of sp³-hybridized carbons (Fsp3) is 0.500. The summed E-state index contributed by atoms with van der Waals surface area (Å²) in [5.41, 5.74) is 3.82. The minimum Gasteiger partial charge on any atom is -0.494 e. The van der Waals surface area contributed by atoms with Gasteiger partial charge in [0.2, 0.25) is 11.8 Å². The number of benzene rings is 2. The zero-order valence-corrected chi connectivity index (χ0v) is 20.6.